The predicted molar refractivity (Wildman–Crippen MR) is 92.8 cm³/mol. The maximum Gasteiger partial charge on any atom is 0.413 e. The third-order valence-corrected chi connectivity index (χ3v) is 4.22. The van der Waals surface area contributed by atoms with Crippen LogP contribution in [0.2, 0.25) is 0 Å². The van der Waals surface area contributed by atoms with Crippen LogP contribution in [0.1, 0.15) is 47.5 Å². The van der Waals surface area contributed by atoms with Gasteiger partial charge in [-0.25, -0.2) is 4.79 Å². The molecule has 0 bridgehead atoms. The lowest BCUT2D eigenvalue weighted by Crippen LogP contribution is -2.49. The summed E-state index contributed by atoms with van der Waals surface area (Å²) < 4.78 is 16.4. The summed E-state index contributed by atoms with van der Waals surface area (Å²) in [6.45, 7) is 10.4. The monoisotopic (exact) mass is 354 g/mol. The van der Waals surface area contributed by atoms with Crippen molar-refractivity contribution < 1.29 is 23.8 Å². The van der Waals surface area contributed by atoms with Crippen LogP contribution in [0.4, 0.5) is 4.79 Å². The highest BCUT2D eigenvalue weighted by Crippen LogP contribution is 2.31. The average molecular weight is 354 g/mol. The van der Waals surface area contributed by atoms with Crippen LogP contribution in [0.3, 0.4) is 0 Å². The van der Waals surface area contributed by atoms with E-state index < -0.39 is 17.4 Å². The number of amides is 2. The Balaban J connectivity index is 2.21. The second-order valence-corrected chi connectivity index (χ2v) is 7.96. The summed E-state index contributed by atoms with van der Waals surface area (Å²) in [5.74, 6) is -0.0399. The predicted octanol–water partition coefficient (Wildman–Crippen LogP) is 2.51. The molecule has 2 saturated heterocycles. The van der Waals surface area contributed by atoms with E-state index in [1.165, 1.54) is 0 Å². The largest absolute Gasteiger partial charge is 0.444 e. The topological polar surface area (TPSA) is 68.3 Å². The molecule has 2 rings (SSSR count). The molecule has 0 aliphatic carbocycles. The van der Waals surface area contributed by atoms with E-state index in [9.17, 15) is 9.59 Å². The van der Waals surface area contributed by atoms with Gasteiger partial charge in [-0.3, -0.25) is 9.69 Å². The molecule has 0 unspecified atom stereocenters. The van der Waals surface area contributed by atoms with Crippen molar-refractivity contribution in [3.05, 3.63) is 11.6 Å². The van der Waals surface area contributed by atoms with E-state index in [1.807, 2.05) is 40.7 Å². The van der Waals surface area contributed by atoms with Crippen LogP contribution < -0.4 is 0 Å². The lowest BCUT2D eigenvalue weighted by molar-refractivity contribution is -0.133. The van der Waals surface area contributed by atoms with Crippen molar-refractivity contribution in [2.75, 3.05) is 27.0 Å². The minimum Gasteiger partial charge on any atom is -0.444 e. The minimum atomic E-state index is -0.784. The fourth-order valence-electron chi connectivity index (χ4n) is 3.16. The normalized spacial score (nSPS) is 25.6. The highest BCUT2D eigenvalue weighted by Gasteiger charge is 2.45. The van der Waals surface area contributed by atoms with Crippen molar-refractivity contribution in [2.24, 2.45) is 0 Å². The van der Waals surface area contributed by atoms with E-state index in [2.05, 4.69) is 0 Å². The molecule has 2 heterocycles. The molecule has 0 radical (unpaired) electrons. The Kier molecular flexibility index (Phi) is 5.79. The van der Waals surface area contributed by atoms with Gasteiger partial charge in [0.1, 0.15) is 18.1 Å². The Morgan fingerprint density at radius 1 is 1.40 bits per heavy atom. The highest BCUT2D eigenvalue weighted by molar-refractivity contribution is 5.94. The van der Waals surface area contributed by atoms with Crippen LogP contribution in [-0.4, -0.2) is 66.2 Å². The number of hydrogen-bond acceptors (Lipinski definition) is 5. The molecule has 0 aromatic rings. The summed E-state index contributed by atoms with van der Waals surface area (Å²) in [7, 11) is 1.57. The van der Waals surface area contributed by atoms with Crippen LogP contribution in [-0.2, 0) is 19.0 Å². The zero-order valence-corrected chi connectivity index (χ0v) is 16.1. The second kappa shape index (κ2) is 7.33. The van der Waals surface area contributed by atoms with E-state index in [0.717, 1.165) is 6.42 Å². The van der Waals surface area contributed by atoms with Gasteiger partial charge in [-0.05, 0) is 47.5 Å². The van der Waals surface area contributed by atoms with Crippen molar-refractivity contribution in [3.8, 4) is 0 Å². The number of ether oxygens (including phenoxy) is 3. The van der Waals surface area contributed by atoms with Crippen molar-refractivity contribution in [1.29, 1.82) is 0 Å². The zero-order valence-electron chi connectivity index (χ0n) is 16.1. The van der Waals surface area contributed by atoms with Gasteiger partial charge in [0.2, 0.25) is 0 Å². The van der Waals surface area contributed by atoms with Crippen molar-refractivity contribution in [2.45, 2.75) is 64.8 Å². The summed E-state index contributed by atoms with van der Waals surface area (Å²) >= 11 is 0. The van der Waals surface area contributed by atoms with E-state index in [0.29, 0.717) is 25.1 Å². The van der Waals surface area contributed by atoms with Gasteiger partial charge < -0.3 is 19.1 Å². The number of carbonyl (C=O) groups is 2. The molecule has 2 amide bonds. The summed E-state index contributed by atoms with van der Waals surface area (Å²) in [5.41, 5.74) is -0.680. The quantitative estimate of drug-likeness (QED) is 0.729. The lowest BCUT2D eigenvalue weighted by atomic mass is 10.0. The summed E-state index contributed by atoms with van der Waals surface area (Å²) in [6.07, 6.45) is 2.99. The maximum atomic E-state index is 12.7. The van der Waals surface area contributed by atoms with Crippen molar-refractivity contribution >= 4 is 12.0 Å². The van der Waals surface area contributed by atoms with Crippen LogP contribution in [0, 0.1) is 0 Å². The van der Waals surface area contributed by atoms with Gasteiger partial charge in [0, 0.05) is 19.2 Å². The number of piperidine rings is 1. The summed E-state index contributed by atoms with van der Waals surface area (Å²) in [4.78, 5) is 28.5. The van der Waals surface area contributed by atoms with E-state index >= 15 is 0 Å². The fourth-order valence-corrected chi connectivity index (χ4v) is 3.16. The molecular formula is C18H30N2O5. The fraction of sp³-hybridized carbons (Fsp3) is 0.778. The minimum absolute atomic E-state index is 0.0399. The Morgan fingerprint density at radius 3 is 2.68 bits per heavy atom. The molecule has 25 heavy (non-hydrogen) atoms. The molecular weight excluding hydrogens is 324 g/mol. The van der Waals surface area contributed by atoms with Gasteiger partial charge in [0.05, 0.1) is 12.6 Å². The maximum absolute atomic E-state index is 12.7. The number of carbonyl (C=O) groups excluding carboxylic acids is 2. The highest BCUT2D eigenvalue weighted by atomic mass is 16.6. The number of nitrogens with zero attached hydrogens (tertiary/aromatic N) is 2. The Labute approximate surface area is 149 Å². The van der Waals surface area contributed by atoms with Crippen LogP contribution in [0.5, 0.6) is 0 Å². The molecule has 7 nitrogen and oxygen atoms in total. The molecule has 2 fully saturated rings. The first-order valence-corrected chi connectivity index (χ1v) is 8.70. The molecule has 1 atom stereocenters. The first kappa shape index (κ1) is 19.7. The molecule has 0 aromatic heterocycles. The Bertz CT molecular complexity index is 548. The third-order valence-electron chi connectivity index (χ3n) is 4.22. The van der Waals surface area contributed by atoms with E-state index in [-0.39, 0.29) is 18.7 Å². The van der Waals surface area contributed by atoms with Gasteiger partial charge in [0.25, 0.3) is 5.91 Å². The summed E-state index contributed by atoms with van der Waals surface area (Å²) in [5, 5.41) is 0. The molecule has 142 valence electrons. The van der Waals surface area contributed by atoms with Gasteiger partial charge >= 0.3 is 6.09 Å². The first-order valence-electron chi connectivity index (χ1n) is 8.70. The zero-order chi connectivity index (χ0) is 18.8. The van der Waals surface area contributed by atoms with E-state index in [4.69, 9.17) is 14.2 Å². The lowest BCUT2D eigenvalue weighted by Gasteiger charge is -2.35. The first-order chi connectivity index (χ1) is 11.5. The average Bonchev–Trinajstić information content (AvgIpc) is 2.76. The van der Waals surface area contributed by atoms with Crippen molar-refractivity contribution in [3.63, 3.8) is 0 Å². The van der Waals surface area contributed by atoms with Gasteiger partial charge in [-0.2, -0.15) is 0 Å². The molecule has 0 saturated carbocycles. The molecule has 2 aliphatic heterocycles. The number of rotatable bonds is 3. The van der Waals surface area contributed by atoms with Gasteiger partial charge in [-0.15, -0.1) is 0 Å². The van der Waals surface area contributed by atoms with Crippen LogP contribution in [0.25, 0.3) is 0 Å². The number of methoxy groups -OCH3 is 1. The van der Waals surface area contributed by atoms with Crippen LogP contribution >= 0.6 is 0 Å². The second-order valence-electron chi connectivity index (χ2n) is 7.96. The summed E-state index contributed by atoms with van der Waals surface area (Å²) in [6, 6.07) is -0.328. The Morgan fingerprint density at radius 2 is 2.08 bits per heavy atom. The van der Waals surface area contributed by atoms with Crippen molar-refractivity contribution in [1.82, 2.24) is 9.80 Å². The van der Waals surface area contributed by atoms with Gasteiger partial charge in [0.15, 0.2) is 0 Å². The van der Waals surface area contributed by atoms with Gasteiger partial charge in [-0.1, -0.05) is 6.08 Å². The Hall–Kier alpha value is -1.60. The third kappa shape index (κ3) is 4.73. The standard InChI is InChI=1S/C18H30N2O5/c1-17(2,3)25-16(22)20-14(11-24-18(20,4)5)10-13-8-7-9-19(12-23-6)15(13)21/h10,14H,7-9,11-12H2,1-6H3/b13-10+/t14-/m1/s1. The molecule has 0 aromatic carbocycles. The molecule has 0 N–H and O–H groups in total. The smallest absolute Gasteiger partial charge is 0.413 e. The SMILES string of the molecule is COCN1CCC/C(=C\[C@@H]2COC(C)(C)N2C(=O)OC(C)(C)C)C1=O. The number of likely N-dealkylation sites (tertiary alicyclic amines) is 1. The van der Waals surface area contributed by atoms with E-state index in [1.54, 1.807) is 16.9 Å². The molecule has 7 heteroatoms. The molecule has 0 spiro atoms. The number of hydrogen-bond donors (Lipinski definition) is 0. The molecule has 2 aliphatic rings. The van der Waals surface area contributed by atoms with Crippen LogP contribution in [0.15, 0.2) is 11.6 Å².